The molecule has 0 aliphatic heterocycles. The molecule has 108 valence electrons. The molecule has 3 heteroatoms. The molecule has 0 bridgehead atoms. The summed E-state index contributed by atoms with van der Waals surface area (Å²) in [5, 5.41) is 0. The van der Waals surface area contributed by atoms with Gasteiger partial charge in [0, 0.05) is 11.4 Å². The second-order valence-corrected chi connectivity index (χ2v) is 4.97. The van der Waals surface area contributed by atoms with E-state index in [1.165, 1.54) is 0 Å². The summed E-state index contributed by atoms with van der Waals surface area (Å²) < 4.78 is 0. The fraction of sp³-hybridized carbons (Fsp3) is 0.294. The van der Waals surface area contributed by atoms with Crippen molar-refractivity contribution in [3.63, 3.8) is 0 Å². The van der Waals surface area contributed by atoms with Crippen LogP contribution < -0.4 is 11.5 Å². The first kappa shape index (κ1) is 16.1. The molecule has 0 radical (unpaired) electrons. The number of rotatable bonds is 5. The predicted molar refractivity (Wildman–Crippen MR) is 88.1 cm³/mol. The predicted octanol–water partition coefficient (Wildman–Crippen LogP) is 3.24. The fourth-order valence-electron chi connectivity index (χ4n) is 2.27. The average Bonchev–Trinajstić information content (AvgIpc) is 2.37. The normalized spacial score (nSPS) is 15.1. The van der Waals surface area contributed by atoms with Crippen molar-refractivity contribution in [2.45, 2.75) is 19.9 Å². The fourth-order valence-corrected chi connectivity index (χ4v) is 2.27. The van der Waals surface area contributed by atoms with Crippen molar-refractivity contribution < 1.29 is 0 Å². The number of nitrogens with two attached hydrogens (primary N) is 2. The number of benzene rings is 1. The van der Waals surface area contributed by atoms with Gasteiger partial charge in [0.2, 0.25) is 0 Å². The van der Waals surface area contributed by atoms with Crippen LogP contribution in [0.3, 0.4) is 0 Å². The summed E-state index contributed by atoms with van der Waals surface area (Å²) in [6.45, 7) is 3.98. The molecule has 1 aromatic carbocycles. The van der Waals surface area contributed by atoms with Gasteiger partial charge in [-0.25, -0.2) is 0 Å². The maximum Gasteiger partial charge on any atom is 0.0595 e. The molecule has 0 aliphatic carbocycles. The van der Waals surface area contributed by atoms with Crippen molar-refractivity contribution in [2.75, 3.05) is 19.8 Å². The van der Waals surface area contributed by atoms with Gasteiger partial charge in [0.25, 0.3) is 0 Å². The quantitative estimate of drug-likeness (QED) is 0.638. The summed E-state index contributed by atoms with van der Waals surface area (Å²) in [5.74, 6) is 0. The minimum Gasteiger partial charge on any atom is -0.399 e. The van der Waals surface area contributed by atoms with Crippen molar-refractivity contribution in [2.24, 2.45) is 5.73 Å². The highest BCUT2D eigenvalue weighted by Crippen LogP contribution is 2.29. The third-order valence-corrected chi connectivity index (χ3v) is 3.08. The average molecular weight is 271 g/mol. The summed E-state index contributed by atoms with van der Waals surface area (Å²) in [5.41, 5.74) is 15.7. The summed E-state index contributed by atoms with van der Waals surface area (Å²) >= 11 is 0. The van der Waals surface area contributed by atoms with Crippen LogP contribution in [0.1, 0.15) is 25.5 Å². The van der Waals surface area contributed by atoms with Crippen LogP contribution in [0.2, 0.25) is 0 Å². The van der Waals surface area contributed by atoms with Crippen LogP contribution in [0.4, 0.5) is 5.69 Å². The van der Waals surface area contributed by atoms with Crippen LogP contribution >= 0.6 is 0 Å². The lowest BCUT2D eigenvalue weighted by Crippen LogP contribution is -2.22. The van der Waals surface area contributed by atoms with Gasteiger partial charge >= 0.3 is 0 Å². The molecule has 0 aliphatic rings. The topological polar surface area (TPSA) is 55.3 Å². The highest BCUT2D eigenvalue weighted by atomic mass is 15.1. The van der Waals surface area contributed by atoms with Gasteiger partial charge in [0.15, 0.2) is 0 Å². The van der Waals surface area contributed by atoms with E-state index in [-0.39, 0.29) is 6.04 Å². The second-order valence-electron chi connectivity index (χ2n) is 4.97. The minimum atomic E-state index is 0.132. The maximum absolute atomic E-state index is 6.00. The molecule has 0 heterocycles. The van der Waals surface area contributed by atoms with Gasteiger partial charge in [0.1, 0.15) is 0 Å². The van der Waals surface area contributed by atoms with Crippen LogP contribution in [0.25, 0.3) is 0 Å². The van der Waals surface area contributed by atoms with Crippen LogP contribution in [0.5, 0.6) is 0 Å². The molecule has 3 nitrogen and oxygen atoms in total. The van der Waals surface area contributed by atoms with Crippen molar-refractivity contribution in [3.05, 3.63) is 65.4 Å². The van der Waals surface area contributed by atoms with Crippen molar-refractivity contribution >= 4 is 5.69 Å². The zero-order valence-electron chi connectivity index (χ0n) is 12.8. The summed E-state index contributed by atoms with van der Waals surface area (Å²) in [7, 11) is 4.11. The number of hydrogen-bond donors (Lipinski definition) is 2. The first-order valence-corrected chi connectivity index (χ1v) is 6.77. The zero-order chi connectivity index (χ0) is 15.1. The summed E-state index contributed by atoms with van der Waals surface area (Å²) in [4.78, 5) is 2.16. The molecule has 0 saturated heterocycles. The number of anilines is 1. The molecule has 1 rings (SSSR count). The SMILES string of the molecule is C\C=C/C(N)=C\C(=C/C)C(c1cccc(N)c1)N(C)C. The highest BCUT2D eigenvalue weighted by molar-refractivity contribution is 5.45. The van der Waals surface area contributed by atoms with E-state index in [1.54, 1.807) is 0 Å². The van der Waals surface area contributed by atoms with Crippen LogP contribution in [0.15, 0.2) is 59.8 Å². The van der Waals surface area contributed by atoms with Crippen LogP contribution in [0, 0.1) is 0 Å². The summed E-state index contributed by atoms with van der Waals surface area (Å²) in [6, 6.07) is 8.11. The van der Waals surface area contributed by atoms with Crippen LogP contribution in [-0.2, 0) is 0 Å². The monoisotopic (exact) mass is 271 g/mol. The van der Waals surface area contributed by atoms with E-state index in [2.05, 4.69) is 31.1 Å². The smallest absolute Gasteiger partial charge is 0.0595 e. The Bertz CT molecular complexity index is 525. The number of likely N-dealkylation sites (N-methyl/N-ethyl adjacent to an activating group) is 1. The number of nitrogen functional groups attached to an aromatic ring is 1. The van der Waals surface area contributed by atoms with E-state index >= 15 is 0 Å². The van der Waals surface area contributed by atoms with Crippen molar-refractivity contribution in [1.29, 1.82) is 0 Å². The molecule has 0 saturated carbocycles. The Morgan fingerprint density at radius 2 is 1.95 bits per heavy atom. The third kappa shape index (κ3) is 4.28. The van der Waals surface area contributed by atoms with E-state index in [4.69, 9.17) is 11.5 Å². The third-order valence-electron chi connectivity index (χ3n) is 3.08. The number of allylic oxidation sites excluding steroid dienone is 3. The van der Waals surface area contributed by atoms with E-state index in [0.29, 0.717) is 0 Å². The Morgan fingerprint density at radius 3 is 2.45 bits per heavy atom. The Hall–Kier alpha value is -2.00. The number of hydrogen-bond acceptors (Lipinski definition) is 3. The van der Waals surface area contributed by atoms with Gasteiger partial charge in [0.05, 0.1) is 6.04 Å². The van der Waals surface area contributed by atoms with Crippen LogP contribution in [-0.4, -0.2) is 19.0 Å². The van der Waals surface area contributed by atoms with Crippen molar-refractivity contribution in [1.82, 2.24) is 4.90 Å². The van der Waals surface area contributed by atoms with E-state index in [1.807, 2.05) is 50.3 Å². The Morgan fingerprint density at radius 1 is 1.25 bits per heavy atom. The minimum absolute atomic E-state index is 0.132. The lowest BCUT2D eigenvalue weighted by Gasteiger charge is -2.26. The van der Waals surface area contributed by atoms with Gasteiger partial charge < -0.3 is 11.5 Å². The Labute approximate surface area is 122 Å². The Kier molecular flexibility index (Phi) is 6.07. The molecule has 4 N–H and O–H groups in total. The molecule has 1 unspecified atom stereocenters. The zero-order valence-corrected chi connectivity index (χ0v) is 12.8. The molecule has 1 aromatic rings. The van der Waals surface area contributed by atoms with Crippen molar-refractivity contribution in [3.8, 4) is 0 Å². The van der Waals surface area contributed by atoms with Gasteiger partial charge in [-0.05, 0) is 63.4 Å². The first-order chi connectivity index (χ1) is 9.49. The largest absolute Gasteiger partial charge is 0.399 e. The molecule has 1 atom stereocenters. The molecule has 0 spiro atoms. The first-order valence-electron chi connectivity index (χ1n) is 6.77. The van der Waals surface area contributed by atoms with E-state index in [9.17, 15) is 0 Å². The lowest BCUT2D eigenvalue weighted by atomic mass is 9.96. The molecule has 0 amide bonds. The number of nitrogens with zero attached hydrogens (tertiary/aromatic N) is 1. The van der Waals surface area contributed by atoms with Gasteiger partial charge in [-0.2, -0.15) is 0 Å². The lowest BCUT2D eigenvalue weighted by molar-refractivity contribution is 0.341. The van der Waals surface area contributed by atoms with E-state index in [0.717, 1.165) is 22.5 Å². The van der Waals surface area contributed by atoms with Gasteiger partial charge in [-0.3, -0.25) is 4.90 Å². The highest BCUT2D eigenvalue weighted by Gasteiger charge is 2.17. The van der Waals surface area contributed by atoms with E-state index < -0.39 is 0 Å². The molecular formula is C17H25N3. The summed E-state index contributed by atoms with van der Waals surface area (Å²) in [6.07, 6.45) is 7.93. The molecular weight excluding hydrogens is 246 g/mol. The Balaban J connectivity index is 3.22. The second kappa shape index (κ2) is 7.56. The maximum atomic E-state index is 6.00. The van der Waals surface area contributed by atoms with Gasteiger partial charge in [-0.15, -0.1) is 0 Å². The molecule has 20 heavy (non-hydrogen) atoms. The standard InChI is InChI=1S/C17H25N3/c1-5-8-15(18)11-13(6-2)17(20(3)4)14-9-7-10-16(19)12-14/h5-12,17H,18-19H2,1-4H3/b8-5-,13-6+,15-11+. The molecule has 0 aromatic heterocycles. The molecule has 0 fully saturated rings. The van der Waals surface area contributed by atoms with Gasteiger partial charge in [-0.1, -0.05) is 24.3 Å².